The van der Waals surface area contributed by atoms with Gasteiger partial charge in [0, 0.05) is 6.04 Å². The quantitative estimate of drug-likeness (QED) is 0.0973. The summed E-state index contributed by atoms with van der Waals surface area (Å²) in [6, 6.07) is 0.583. The molecule has 0 spiro atoms. The maximum absolute atomic E-state index is 11.8. The van der Waals surface area contributed by atoms with Gasteiger partial charge in [-0.25, -0.2) is 4.18 Å². The molecular weight excluding hydrogens is 574 g/mol. The van der Waals surface area contributed by atoms with E-state index in [4.69, 9.17) is 9.92 Å². The molecule has 0 aromatic rings. The smallest absolute Gasteiger partial charge is 0.393 e. The van der Waals surface area contributed by atoms with Crippen molar-refractivity contribution in [2.75, 3.05) is 26.2 Å². The largest absolute Gasteiger partial charge is 0.397 e. The molecule has 0 aromatic heterocycles. The molecule has 4 fully saturated rings. The third-order valence-corrected chi connectivity index (χ3v) is 13.9. The first kappa shape index (κ1) is 36.5. The number of nitrogens with two attached hydrogens (primary N) is 1. The topological polar surface area (TPSA) is 134 Å². The predicted molar refractivity (Wildman–Crippen MR) is 178 cm³/mol. The average Bonchev–Trinajstić information content (AvgIpc) is 3.31. The van der Waals surface area contributed by atoms with Gasteiger partial charge in [0.2, 0.25) is 0 Å². The molecule has 258 valence electrons. The van der Waals surface area contributed by atoms with E-state index in [0.717, 1.165) is 45.4 Å². The van der Waals surface area contributed by atoms with Gasteiger partial charge < -0.3 is 21.5 Å². The van der Waals surface area contributed by atoms with Crippen LogP contribution in [0.4, 0.5) is 0 Å². The fourth-order valence-corrected chi connectivity index (χ4v) is 11.5. The molecule has 0 saturated heterocycles. The third-order valence-electron chi connectivity index (χ3n) is 13.4. The monoisotopic (exact) mass is 641 g/mol. The number of hydrogen-bond donors (Lipinski definition) is 5. The Morgan fingerprint density at radius 1 is 0.886 bits per heavy atom. The van der Waals surface area contributed by atoms with Crippen LogP contribution in [0, 0.1) is 52.3 Å². The maximum Gasteiger partial charge on any atom is 0.397 e. The van der Waals surface area contributed by atoms with Crippen molar-refractivity contribution in [2.45, 2.75) is 143 Å². The minimum absolute atomic E-state index is 0.0155. The first-order valence-electron chi connectivity index (χ1n) is 18.3. The lowest BCUT2D eigenvalue weighted by Crippen LogP contribution is -2.59. The molecule has 9 heteroatoms. The summed E-state index contributed by atoms with van der Waals surface area (Å²) >= 11 is 0. The molecule has 6 unspecified atom stereocenters. The second-order valence-corrected chi connectivity index (χ2v) is 17.3. The minimum Gasteiger partial charge on any atom is -0.393 e. The van der Waals surface area contributed by atoms with Gasteiger partial charge in [-0.2, -0.15) is 8.42 Å². The van der Waals surface area contributed by atoms with Crippen LogP contribution in [-0.4, -0.2) is 62.5 Å². The van der Waals surface area contributed by atoms with Gasteiger partial charge in [-0.05, 0) is 168 Å². The predicted octanol–water partition coefficient (Wildman–Crippen LogP) is 5.94. The molecule has 4 aliphatic rings. The van der Waals surface area contributed by atoms with Crippen LogP contribution in [0.15, 0.2) is 0 Å². The second kappa shape index (κ2) is 15.7. The molecule has 4 aliphatic carbocycles. The average molecular weight is 642 g/mol. The van der Waals surface area contributed by atoms with E-state index < -0.39 is 16.5 Å². The molecule has 0 heterocycles. The van der Waals surface area contributed by atoms with Gasteiger partial charge in [0.25, 0.3) is 0 Å². The summed E-state index contributed by atoms with van der Waals surface area (Å²) in [7, 11) is -4.45. The van der Waals surface area contributed by atoms with Crippen molar-refractivity contribution in [3.63, 3.8) is 0 Å². The van der Waals surface area contributed by atoms with Crippen molar-refractivity contribution >= 4 is 10.4 Å². The summed E-state index contributed by atoms with van der Waals surface area (Å²) in [6.07, 6.45) is 15.1. The summed E-state index contributed by atoms with van der Waals surface area (Å²) in [6.45, 7) is 15.4. The van der Waals surface area contributed by atoms with Crippen LogP contribution >= 0.6 is 0 Å². The highest BCUT2D eigenvalue weighted by atomic mass is 32.3. The van der Waals surface area contributed by atoms with Gasteiger partial charge in [0.1, 0.15) is 0 Å². The molecule has 4 saturated carbocycles. The number of aliphatic hydroxyl groups is 1. The van der Waals surface area contributed by atoms with Crippen LogP contribution in [0.5, 0.6) is 0 Å². The van der Waals surface area contributed by atoms with E-state index in [-0.39, 0.29) is 17.4 Å². The molecule has 44 heavy (non-hydrogen) atoms. The zero-order chi connectivity index (χ0) is 32.1. The zero-order valence-electron chi connectivity index (χ0n) is 28.6. The maximum atomic E-state index is 11.8. The lowest BCUT2D eigenvalue weighted by molar-refractivity contribution is -0.167. The number of unbranched alkanes of at least 4 members (excludes halogenated alkanes) is 2. The third kappa shape index (κ3) is 8.59. The van der Waals surface area contributed by atoms with Crippen molar-refractivity contribution < 1.29 is 22.3 Å². The Bertz CT molecular complexity index is 997. The number of rotatable bonds is 17. The Hall–Kier alpha value is -0.290. The Balaban J connectivity index is 1.29. The van der Waals surface area contributed by atoms with E-state index in [0.29, 0.717) is 53.4 Å². The summed E-state index contributed by atoms with van der Waals surface area (Å²) in [4.78, 5) is 0. The van der Waals surface area contributed by atoms with Gasteiger partial charge >= 0.3 is 10.4 Å². The fourth-order valence-electron chi connectivity index (χ4n) is 10.9. The Morgan fingerprint density at radius 3 is 2.23 bits per heavy atom. The van der Waals surface area contributed by atoms with Crippen LogP contribution < -0.4 is 16.4 Å². The molecule has 0 aromatic carbocycles. The summed E-state index contributed by atoms with van der Waals surface area (Å²) in [5.41, 5.74) is 6.13. The Labute approximate surface area is 269 Å². The van der Waals surface area contributed by atoms with Crippen LogP contribution in [0.1, 0.15) is 125 Å². The summed E-state index contributed by atoms with van der Waals surface area (Å²) < 4.78 is 37.1. The fraction of sp³-hybridized carbons (Fsp3) is 1.00. The van der Waals surface area contributed by atoms with E-state index >= 15 is 0 Å². The van der Waals surface area contributed by atoms with E-state index in [9.17, 15) is 18.1 Å². The SMILES string of the molecule is CC(CC[C@@H](OS(=O)(=O)O)C(C)C)[C@H]1CCC2C3C(O)CC4C[C@H](NCCCCNCCCCN)CC[C@]4(C)C3CC[C@@]21C. The highest BCUT2D eigenvalue weighted by Gasteiger charge is 2.62. The molecular formula is C35H67N3O5S. The van der Waals surface area contributed by atoms with Crippen molar-refractivity contribution in [3.8, 4) is 0 Å². The Morgan fingerprint density at radius 2 is 1.55 bits per heavy atom. The molecule has 11 atom stereocenters. The van der Waals surface area contributed by atoms with Crippen molar-refractivity contribution in [1.82, 2.24) is 10.6 Å². The molecule has 6 N–H and O–H groups in total. The first-order valence-corrected chi connectivity index (χ1v) is 19.6. The van der Waals surface area contributed by atoms with E-state index in [2.05, 4.69) is 31.4 Å². The second-order valence-electron chi connectivity index (χ2n) is 16.3. The van der Waals surface area contributed by atoms with E-state index in [1.54, 1.807) is 0 Å². The van der Waals surface area contributed by atoms with Gasteiger partial charge in [0.15, 0.2) is 0 Å². The summed E-state index contributed by atoms with van der Waals surface area (Å²) in [5, 5.41) is 19.2. The highest BCUT2D eigenvalue weighted by molar-refractivity contribution is 7.80. The highest BCUT2D eigenvalue weighted by Crippen LogP contribution is 2.68. The molecule has 8 nitrogen and oxygen atoms in total. The lowest BCUT2D eigenvalue weighted by atomic mass is 9.43. The Kier molecular flexibility index (Phi) is 13.1. The number of fused-ring (bicyclic) bond motifs is 5. The normalized spacial score (nSPS) is 38.6. The number of nitrogens with one attached hydrogen (secondary N) is 2. The minimum atomic E-state index is -4.45. The molecule has 4 rings (SSSR count). The van der Waals surface area contributed by atoms with Crippen molar-refractivity contribution in [1.29, 1.82) is 0 Å². The molecule has 0 radical (unpaired) electrons. The first-order chi connectivity index (χ1) is 20.8. The van der Waals surface area contributed by atoms with E-state index in [1.165, 1.54) is 64.2 Å². The van der Waals surface area contributed by atoms with Crippen LogP contribution in [-0.2, 0) is 14.6 Å². The zero-order valence-corrected chi connectivity index (χ0v) is 29.4. The van der Waals surface area contributed by atoms with Gasteiger partial charge in [-0.1, -0.05) is 34.6 Å². The van der Waals surface area contributed by atoms with Crippen LogP contribution in [0.2, 0.25) is 0 Å². The van der Waals surface area contributed by atoms with Gasteiger partial charge in [-0.3, -0.25) is 4.55 Å². The number of aliphatic hydroxyl groups excluding tert-OH is 1. The summed E-state index contributed by atoms with van der Waals surface area (Å²) in [5.74, 6) is 3.23. The van der Waals surface area contributed by atoms with Crippen LogP contribution in [0.25, 0.3) is 0 Å². The standard InChI is InChI=1S/C35H67N3O5S/c1-24(2)32(43-44(40,41)42)13-10-25(3)28-11-12-29-33-30(15-17-35(28,29)5)34(4)16-14-27(22-26(34)23-31(33)39)38-21-9-8-20-37-19-7-6-18-36/h24-33,37-39H,6-23,36H2,1-5H3,(H,40,41,42)/t25?,26?,27-,28-,29?,30?,31?,32-,33?,34+,35-/m1/s1. The van der Waals surface area contributed by atoms with Crippen molar-refractivity contribution in [2.24, 2.45) is 58.0 Å². The van der Waals surface area contributed by atoms with Crippen LogP contribution in [0.3, 0.4) is 0 Å². The molecule has 0 aliphatic heterocycles. The molecule has 0 bridgehead atoms. The number of hydrogen-bond acceptors (Lipinski definition) is 7. The lowest BCUT2D eigenvalue weighted by Gasteiger charge is -2.62. The van der Waals surface area contributed by atoms with Gasteiger partial charge in [-0.15, -0.1) is 0 Å². The van der Waals surface area contributed by atoms with Crippen molar-refractivity contribution in [3.05, 3.63) is 0 Å². The van der Waals surface area contributed by atoms with E-state index in [1.807, 2.05) is 13.8 Å². The molecule has 0 amide bonds. The van der Waals surface area contributed by atoms with Gasteiger partial charge in [0.05, 0.1) is 12.2 Å².